The molecule has 1 unspecified atom stereocenters. The van der Waals surface area contributed by atoms with Crippen LogP contribution in [0.15, 0.2) is 18.2 Å². The zero-order valence-electron chi connectivity index (χ0n) is 12.4. The first-order chi connectivity index (χ1) is 10.3. The van der Waals surface area contributed by atoms with Crippen LogP contribution in [0.3, 0.4) is 0 Å². The highest BCUT2D eigenvalue weighted by Gasteiger charge is 2.31. The maximum Gasteiger partial charge on any atom is 0.347 e. The molecule has 0 saturated carbocycles. The van der Waals surface area contributed by atoms with Crippen LogP contribution >= 0.6 is 0 Å². The van der Waals surface area contributed by atoms with Gasteiger partial charge in [0.2, 0.25) is 0 Å². The standard InChI is InChI=1S/C15H18FNO5/c1-15(2,14(19)20)22-12-4-3-9(16)7-11(12)13(18)17-8-10-5-6-21-10/h3-4,7,10H,5-6,8H2,1-2H3,(H,17,18)(H,19,20). The van der Waals surface area contributed by atoms with Crippen molar-refractivity contribution in [2.75, 3.05) is 13.2 Å². The average Bonchev–Trinajstić information content (AvgIpc) is 2.38. The van der Waals surface area contributed by atoms with Crippen LogP contribution in [-0.2, 0) is 9.53 Å². The van der Waals surface area contributed by atoms with E-state index in [9.17, 15) is 14.0 Å². The van der Waals surface area contributed by atoms with Gasteiger partial charge in [0.1, 0.15) is 11.6 Å². The summed E-state index contributed by atoms with van der Waals surface area (Å²) in [4.78, 5) is 23.3. The fourth-order valence-electron chi connectivity index (χ4n) is 1.83. The Hall–Kier alpha value is -2.15. The number of ether oxygens (including phenoxy) is 2. The van der Waals surface area contributed by atoms with Crippen molar-refractivity contribution in [1.82, 2.24) is 5.32 Å². The number of hydrogen-bond acceptors (Lipinski definition) is 4. The number of carbonyl (C=O) groups excluding carboxylic acids is 1. The molecule has 2 rings (SSSR count). The Labute approximate surface area is 127 Å². The van der Waals surface area contributed by atoms with Gasteiger partial charge in [0.15, 0.2) is 5.60 Å². The molecule has 1 atom stereocenters. The molecule has 0 bridgehead atoms. The van der Waals surface area contributed by atoms with Crippen molar-refractivity contribution >= 4 is 11.9 Å². The van der Waals surface area contributed by atoms with Crippen LogP contribution in [0.2, 0.25) is 0 Å². The number of carboxylic acid groups (broad SMARTS) is 1. The Morgan fingerprint density at radius 3 is 2.73 bits per heavy atom. The molecule has 7 heteroatoms. The molecule has 1 saturated heterocycles. The molecule has 1 aromatic carbocycles. The van der Waals surface area contributed by atoms with Crippen molar-refractivity contribution in [3.63, 3.8) is 0 Å². The number of amides is 1. The van der Waals surface area contributed by atoms with Crippen LogP contribution < -0.4 is 10.1 Å². The van der Waals surface area contributed by atoms with E-state index in [4.69, 9.17) is 14.6 Å². The van der Waals surface area contributed by atoms with Gasteiger partial charge in [-0.05, 0) is 38.5 Å². The number of aliphatic carboxylic acids is 1. The van der Waals surface area contributed by atoms with Crippen molar-refractivity contribution in [3.05, 3.63) is 29.6 Å². The van der Waals surface area contributed by atoms with Gasteiger partial charge in [-0.3, -0.25) is 4.79 Å². The molecule has 1 fully saturated rings. The smallest absolute Gasteiger partial charge is 0.347 e. The topological polar surface area (TPSA) is 84.9 Å². The molecule has 1 heterocycles. The Morgan fingerprint density at radius 1 is 1.50 bits per heavy atom. The van der Waals surface area contributed by atoms with Crippen LogP contribution in [0.4, 0.5) is 4.39 Å². The largest absolute Gasteiger partial charge is 0.478 e. The van der Waals surface area contributed by atoms with Crippen LogP contribution in [0.5, 0.6) is 5.75 Å². The first kappa shape index (κ1) is 16.2. The Kier molecular flexibility index (Phi) is 4.65. The summed E-state index contributed by atoms with van der Waals surface area (Å²) in [6, 6.07) is 3.37. The van der Waals surface area contributed by atoms with Gasteiger partial charge in [0.25, 0.3) is 5.91 Å². The first-order valence-corrected chi connectivity index (χ1v) is 6.91. The average molecular weight is 311 g/mol. The molecule has 22 heavy (non-hydrogen) atoms. The van der Waals surface area contributed by atoms with Gasteiger partial charge < -0.3 is 19.9 Å². The van der Waals surface area contributed by atoms with Crippen molar-refractivity contribution in [1.29, 1.82) is 0 Å². The van der Waals surface area contributed by atoms with Gasteiger partial charge in [0, 0.05) is 13.2 Å². The number of carbonyl (C=O) groups is 2. The summed E-state index contributed by atoms with van der Waals surface area (Å²) >= 11 is 0. The van der Waals surface area contributed by atoms with Crippen LogP contribution in [0.25, 0.3) is 0 Å². The van der Waals surface area contributed by atoms with Gasteiger partial charge >= 0.3 is 5.97 Å². The second-order valence-corrected chi connectivity index (χ2v) is 5.55. The Balaban J connectivity index is 2.15. The summed E-state index contributed by atoms with van der Waals surface area (Å²) in [6.45, 7) is 3.68. The van der Waals surface area contributed by atoms with Gasteiger partial charge in [-0.15, -0.1) is 0 Å². The first-order valence-electron chi connectivity index (χ1n) is 6.91. The quantitative estimate of drug-likeness (QED) is 0.833. The summed E-state index contributed by atoms with van der Waals surface area (Å²) in [5.41, 5.74) is -1.59. The maximum atomic E-state index is 13.4. The van der Waals surface area contributed by atoms with Gasteiger partial charge in [-0.2, -0.15) is 0 Å². The lowest BCUT2D eigenvalue weighted by Gasteiger charge is -2.27. The Bertz CT molecular complexity index is 583. The minimum absolute atomic E-state index is 0.0147. The second kappa shape index (κ2) is 6.31. The molecule has 1 aromatic rings. The molecule has 0 spiro atoms. The zero-order valence-corrected chi connectivity index (χ0v) is 12.4. The minimum atomic E-state index is -1.54. The lowest BCUT2D eigenvalue weighted by molar-refractivity contribution is -0.152. The normalized spacial score (nSPS) is 17.5. The summed E-state index contributed by atoms with van der Waals surface area (Å²) in [5.74, 6) is -2.32. The molecular formula is C15H18FNO5. The third kappa shape index (κ3) is 3.73. The molecule has 0 aliphatic carbocycles. The third-order valence-corrected chi connectivity index (χ3v) is 3.35. The van der Waals surface area contributed by atoms with E-state index in [1.807, 2.05) is 0 Å². The molecule has 2 N–H and O–H groups in total. The van der Waals surface area contributed by atoms with E-state index in [-0.39, 0.29) is 17.4 Å². The van der Waals surface area contributed by atoms with Crippen LogP contribution in [0.1, 0.15) is 30.6 Å². The molecular weight excluding hydrogens is 293 g/mol. The maximum absolute atomic E-state index is 13.4. The SMILES string of the molecule is CC(C)(Oc1ccc(F)cc1C(=O)NCC1CCO1)C(=O)O. The highest BCUT2D eigenvalue weighted by molar-refractivity contribution is 5.97. The summed E-state index contributed by atoms with van der Waals surface area (Å²) in [7, 11) is 0. The van der Waals surface area contributed by atoms with E-state index in [2.05, 4.69) is 5.32 Å². The van der Waals surface area contributed by atoms with Crippen molar-refractivity contribution in [3.8, 4) is 5.75 Å². The van der Waals surface area contributed by atoms with E-state index in [1.165, 1.54) is 19.9 Å². The molecule has 120 valence electrons. The number of hydrogen-bond donors (Lipinski definition) is 2. The summed E-state index contributed by atoms with van der Waals surface area (Å²) in [5, 5.41) is 11.7. The molecule has 1 amide bonds. The monoisotopic (exact) mass is 311 g/mol. The third-order valence-electron chi connectivity index (χ3n) is 3.35. The van der Waals surface area contributed by atoms with Crippen LogP contribution in [0, 0.1) is 5.82 Å². The van der Waals surface area contributed by atoms with Crippen molar-refractivity contribution < 1.29 is 28.6 Å². The van der Waals surface area contributed by atoms with Gasteiger partial charge in [-0.1, -0.05) is 0 Å². The Morgan fingerprint density at radius 2 is 2.18 bits per heavy atom. The number of halogens is 1. The van der Waals surface area contributed by atoms with Gasteiger partial charge in [0.05, 0.1) is 11.7 Å². The molecule has 6 nitrogen and oxygen atoms in total. The number of benzene rings is 1. The van der Waals surface area contributed by atoms with Crippen LogP contribution in [-0.4, -0.2) is 41.8 Å². The van der Waals surface area contributed by atoms with E-state index in [1.54, 1.807) is 0 Å². The van der Waals surface area contributed by atoms with E-state index < -0.39 is 23.3 Å². The van der Waals surface area contributed by atoms with E-state index in [0.29, 0.717) is 13.2 Å². The minimum Gasteiger partial charge on any atom is -0.478 e. The van der Waals surface area contributed by atoms with Crippen molar-refractivity contribution in [2.24, 2.45) is 0 Å². The fourth-order valence-corrected chi connectivity index (χ4v) is 1.83. The highest BCUT2D eigenvalue weighted by Crippen LogP contribution is 2.25. The van der Waals surface area contributed by atoms with Gasteiger partial charge in [-0.25, -0.2) is 9.18 Å². The van der Waals surface area contributed by atoms with Crippen molar-refractivity contribution in [2.45, 2.75) is 32.0 Å². The predicted molar refractivity (Wildman–Crippen MR) is 75.4 cm³/mol. The van der Waals surface area contributed by atoms with E-state index >= 15 is 0 Å². The van der Waals surface area contributed by atoms with E-state index in [0.717, 1.165) is 18.6 Å². The molecule has 0 aromatic heterocycles. The predicted octanol–water partition coefficient (Wildman–Crippen LogP) is 1.59. The summed E-state index contributed by atoms with van der Waals surface area (Å²) in [6.07, 6.45) is 0.830. The number of carboxylic acids is 1. The number of rotatable bonds is 6. The second-order valence-electron chi connectivity index (χ2n) is 5.55. The molecule has 1 aliphatic rings. The summed E-state index contributed by atoms with van der Waals surface area (Å²) < 4.78 is 23.9. The fraction of sp³-hybridized carbons (Fsp3) is 0.467. The lowest BCUT2D eigenvalue weighted by Crippen LogP contribution is -2.41. The zero-order chi connectivity index (χ0) is 16.3. The molecule has 1 aliphatic heterocycles. The number of nitrogens with one attached hydrogen (secondary N) is 1. The highest BCUT2D eigenvalue weighted by atomic mass is 19.1. The lowest BCUT2D eigenvalue weighted by atomic mass is 10.1. The molecule has 0 radical (unpaired) electrons.